The Labute approximate surface area is 140 Å². The molecule has 0 bridgehead atoms. The van der Waals surface area contributed by atoms with E-state index in [0.717, 1.165) is 44.8 Å². The van der Waals surface area contributed by atoms with Crippen LogP contribution in [0.15, 0.2) is 18.2 Å². The quantitative estimate of drug-likeness (QED) is 0.821. The first-order chi connectivity index (χ1) is 11.2. The summed E-state index contributed by atoms with van der Waals surface area (Å²) in [6, 6.07) is 0. The van der Waals surface area contributed by atoms with Crippen LogP contribution >= 0.6 is 11.3 Å². The number of hydrogen-bond donors (Lipinski definition) is 0. The van der Waals surface area contributed by atoms with Crippen molar-refractivity contribution in [3.05, 3.63) is 28.7 Å². The van der Waals surface area contributed by atoms with Gasteiger partial charge < -0.3 is 9.47 Å². The summed E-state index contributed by atoms with van der Waals surface area (Å²) >= 11 is 1.72. The third-order valence-corrected chi connectivity index (χ3v) is 5.12. The van der Waals surface area contributed by atoms with E-state index < -0.39 is 0 Å². The van der Waals surface area contributed by atoms with Gasteiger partial charge in [0.15, 0.2) is 0 Å². The predicted molar refractivity (Wildman–Crippen MR) is 88.0 cm³/mol. The number of carbonyl (C=O) groups is 1. The SMILES string of the molecule is Cc1ncsc1CN1CCCN(C(=O)CCn2cnnc2)CC1. The van der Waals surface area contributed by atoms with Crippen molar-refractivity contribution in [1.82, 2.24) is 29.5 Å². The highest BCUT2D eigenvalue weighted by Gasteiger charge is 2.19. The summed E-state index contributed by atoms with van der Waals surface area (Å²) in [6.07, 6.45) is 4.83. The van der Waals surface area contributed by atoms with Gasteiger partial charge in [-0.15, -0.1) is 21.5 Å². The molecule has 23 heavy (non-hydrogen) atoms. The van der Waals surface area contributed by atoms with Gasteiger partial charge in [-0.2, -0.15) is 0 Å². The summed E-state index contributed by atoms with van der Waals surface area (Å²) in [7, 11) is 0. The second-order valence-corrected chi connectivity index (χ2v) is 6.76. The molecule has 3 rings (SSSR count). The van der Waals surface area contributed by atoms with Gasteiger partial charge in [-0.1, -0.05) is 0 Å². The first kappa shape index (κ1) is 16.1. The predicted octanol–water partition coefficient (Wildman–Crippen LogP) is 1.17. The van der Waals surface area contributed by atoms with Crippen molar-refractivity contribution >= 4 is 17.2 Å². The lowest BCUT2D eigenvalue weighted by molar-refractivity contribution is -0.131. The van der Waals surface area contributed by atoms with E-state index in [1.54, 1.807) is 24.0 Å². The largest absolute Gasteiger partial charge is 0.341 e. The van der Waals surface area contributed by atoms with Gasteiger partial charge in [-0.25, -0.2) is 4.98 Å². The molecule has 1 amide bonds. The lowest BCUT2D eigenvalue weighted by atomic mass is 10.3. The summed E-state index contributed by atoms with van der Waals surface area (Å²) < 4.78 is 1.84. The van der Waals surface area contributed by atoms with Gasteiger partial charge in [0.05, 0.1) is 11.2 Å². The molecule has 0 atom stereocenters. The zero-order valence-corrected chi connectivity index (χ0v) is 14.2. The minimum Gasteiger partial charge on any atom is -0.341 e. The Bertz CT molecular complexity index is 626. The van der Waals surface area contributed by atoms with Crippen LogP contribution < -0.4 is 0 Å². The summed E-state index contributed by atoms with van der Waals surface area (Å²) in [5, 5.41) is 7.51. The fourth-order valence-electron chi connectivity index (χ4n) is 2.78. The number of hydrogen-bond acceptors (Lipinski definition) is 6. The second-order valence-electron chi connectivity index (χ2n) is 5.82. The molecule has 0 radical (unpaired) electrons. The molecular weight excluding hydrogens is 312 g/mol. The number of aromatic nitrogens is 4. The number of rotatable bonds is 5. The molecule has 124 valence electrons. The molecule has 0 saturated carbocycles. The van der Waals surface area contributed by atoms with E-state index in [-0.39, 0.29) is 5.91 Å². The average molecular weight is 334 g/mol. The Kier molecular flexibility index (Phi) is 5.35. The van der Waals surface area contributed by atoms with Gasteiger partial charge in [-0.3, -0.25) is 9.69 Å². The van der Waals surface area contributed by atoms with Gasteiger partial charge >= 0.3 is 0 Å². The summed E-state index contributed by atoms with van der Waals surface area (Å²) in [4.78, 5) is 22.4. The first-order valence-corrected chi connectivity index (χ1v) is 8.82. The molecule has 0 unspecified atom stereocenters. The minimum absolute atomic E-state index is 0.217. The topological polar surface area (TPSA) is 67.2 Å². The fourth-order valence-corrected chi connectivity index (χ4v) is 3.60. The summed E-state index contributed by atoms with van der Waals surface area (Å²) in [5.41, 5.74) is 3.03. The van der Waals surface area contributed by atoms with Crippen molar-refractivity contribution in [3.8, 4) is 0 Å². The lowest BCUT2D eigenvalue weighted by Crippen LogP contribution is -2.35. The first-order valence-electron chi connectivity index (χ1n) is 7.94. The van der Waals surface area contributed by atoms with Crippen LogP contribution in [-0.4, -0.2) is 61.6 Å². The van der Waals surface area contributed by atoms with E-state index >= 15 is 0 Å². The van der Waals surface area contributed by atoms with Crippen molar-refractivity contribution < 1.29 is 4.79 Å². The minimum atomic E-state index is 0.217. The number of thiazole rings is 1. The number of amides is 1. The van der Waals surface area contributed by atoms with E-state index in [9.17, 15) is 4.79 Å². The molecule has 0 spiro atoms. The van der Waals surface area contributed by atoms with Gasteiger partial charge in [0, 0.05) is 50.6 Å². The maximum Gasteiger partial charge on any atom is 0.224 e. The average Bonchev–Trinajstić information content (AvgIpc) is 3.14. The monoisotopic (exact) mass is 334 g/mol. The van der Waals surface area contributed by atoms with E-state index in [1.807, 2.05) is 15.0 Å². The molecule has 3 heterocycles. The van der Waals surface area contributed by atoms with Crippen molar-refractivity contribution in [1.29, 1.82) is 0 Å². The number of carbonyl (C=O) groups excluding carboxylic acids is 1. The lowest BCUT2D eigenvalue weighted by Gasteiger charge is -2.22. The Balaban J connectivity index is 1.47. The Morgan fingerprint density at radius 3 is 2.78 bits per heavy atom. The number of nitrogens with zero attached hydrogens (tertiary/aromatic N) is 6. The molecule has 1 aliphatic heterocycles. The molecule has 2 aromatic heterocycles. The Morgan fingerprint density at radius 1 is 1.22 bits per heavy atom. The molecule has 2 aromatic rings. The zero-order chi connectivity index (χ0) is 16.1. The molecule has 7 nitrogen and oxygen atoms in total. The highest BCUT2D eigenvalue weighted by atomic mass is 32.1. The van der Waals surface area contributed by atoms with Crippen molar-refractivity contribution in [2.75, 3.05) is 26.2 Å². The van der Waals surface area contributed by atoms with Gasteiger partial charge in [-0.05, 0) is 13.3 Å². The third-order valence-electron chi connectivity index (χ3n) is 4.20. The van der Waals surface area contributed by atoms with Crippen molar-refractivity contribution in [2.24, 2.45) is 0 Å². The third kappa shape index (κ3) is 4.35. The molecule has 0 N–H and O–H groups in total. The second kappa shape index (κ2) is 7.65. The summed E-state index contributed by atoms with van der Waals surface area (Å²) in [6.45, 7) is 7.26. The summed E-state index contributed by atoms with van der Waals surface area (Å²) in [5.74, 6) is 0.217. The standard InChI is InChI=1S/C15H22N6OS/c1-13-14(23-12-16-13)9-19-4-2-5-21(8-7-19)15(22)3-6-20-10-17-18-11-20/h10-12H,2-9H2,1H3. The van der Waals surface area contributed by atoms with Crippen molar-refractivity contribution in [3.63, 3.8) is 0 Å². The van der Waals surface area contributed by atoms with Crippen LogP contribution in [0.5, 0.6) is 0 Å². The fraction of sp³-hybridized carbons (Fsp3) is 0.600. The van der Waals surface area contributed by atoms with E-state index in [4.69, 9.17) is 0 Å². The van der Waals surface area contributed by atoms with Gasteiger partial charge in [0.2, 0.25) is 5.91 Å². The van der Waals surface area contributed by atoms with Crippen LogP contribution in [-0.2, 0) is 17.9 Å². The molecule has 1 aliphatic rings. The molecule has 0 aliphatic carbocycles. The molecule has 8 heteroatoms. The molecule has 1 fully saturated rings. The highest BCUT2D eigenvalue weighted by molar-refractivity contribution is 7.09. The maximum atomic E-state index is 12.4. The van der Waals surface area contributed by atoms with E-state index in [1.165, 1.54) is 4.88 Å². The zero-order valence-electron chi connectivity index (χ0n) is 13.4. The Morgan fingerprint density at radius 2 is 2.04 bits per heavy atom. The smallest absolute Gasteiger partial charge is 0.224 e. The van der Waals surface area contributed by atoms with Crippen LogP contribution in [0.1, 0.15) is 23.4 Å². The van der Waals surface area contributed by atoms with Crippen molar-refractivity contribution in [2.45, 2.75) is 32.9 Å². The van der Waals surface area contributed by atoms with Gasteiger partial charge in [0.25, 0.3) is 0 Å². The Hall–Kier alpha value is -1.80. The van der Waals surface area contributed by atoms with Crippen LogP contribution in [0, 0.1) is 6.92 Å². The van der Waals surface area contributed by atoms with E-state index in [0.29, 0.717) is 13.0 Å². The van der Waals surface area contributed by atoms with Crippen LogP contribution in [0.25, 0.3) is 0 Å². The van der Waals surface area contributed by atoms with Crippen LogP contribution in [0.2, 0.25) is 0 Å². The number of aryl methyl sites for hydroxylation is 2. The highest BCUT2D eigenvalue weighted by Crippen LogP contribution is 2.16. The molecule has 0 aromatic carbocycles. The van der Waals surface area contributed by atoms with E-state index in [2.05, 4.69) is 27.0 Å². The maximum absolute atomic E-state index is 12.4. The van der Waals surface area contributed by atoms with Crippen LogP contribution in [0.4, 0.5) is 0 Å². The molecular formula is C15H22N6OS. The molecule has 1 saturated heterocycles. The normalized spacial score (nSPS) is 16.5. The van der Waals surface area contributed by atoms with Crippen LogP contribution in [0.3, 0.4) is 0 Å². The van der Waals surface area contributed by atoms with Gasteiger partial charge in [0.1, 0.15) is 12.7 Å².